The van der Waals surface area contributed by atoms with Gasteiger partial charge in [-0.2, -0.15) is 4.72 Å². The first-order valence-electron chi connectivity index (χ1n) is 5.26. The summed E-state index contributed by atoms with van der Waals surface area (Å²) >= 11 is 0. The van der Waals surface area contributed by atoms with E-state index in [0.29, 0.717) is 0 Å². The molecule has 1 saturated carbocycles. The Morgan fingerprint density at radius 1 is 1.50 bits per heavy atom. The van der Waals surface area contributed by atoms with Crippen LogP contribution in [0.25, 0.3) is 0 Å². The summed E-state index contributed by atoms with van der Waals surface area (Å²) < 4.78 is 30.7. The summed E-state index contributed by atoms with van der Waals surface area (Å²) in [7, 11) is -3.52. The Morgan fingerprint density at radius 3 is 2.62 bits per heavy atom. The topological polar surface area (TPSA) is 92.7 Å². The van der Waals surface area contributed by atoms with Crippen molar-refractivity contribution < 1.29 is 23.1 Å². The number of carboxylic acid groups (broad SMARTS) is 1. The minimum atomic E-state index is -3.52. The summed E-state index contributed by atoms with van der Waals surface area (Å²) in [6.45, 7) is 0.185. The van der Waals surface area contributed by atoms with Crippen LogP contribution in [0.5, 0.6) is 0 Å². The number of rotatable bonds is 5. The number of aliphatic carboxylic acids is 1. The summed E-state index contributed by atoms with van der Waals surface area (Å²) in [6.07, 6.45) is 2.02. The largest absolute Gasteiger partial charge is 0.480 e. The molecule has 0 radical (unpaired) electrons. The van der Waals surface area contributed by atoms with Crippen LogP contribution in [0.15, 0.2) is 0 Å². The van der Waals surface area contributed by atoms with Gasteiger partial charge < -0.3 is 9.84 Å². The average Bonchev–Trinajstić information content (AvgIpc) is 2.80. The molecule has 2 fully saturated rings. The van der Waals surface area contributed by atoms with E-state index in [9.17, 15) is 13.2 Å². The molecule has 1 unspecified atom stereocenters. The van der Waals surface area contributed by atoms with E-state index in [1.807, 2.05) is 0 Å². The zero-order valence-electron chi connectivity index (χ0n) is 8.81. The van der Waals surface area contributed by atoms with Gasteiger partial charge in [-0.3, -0.25) is 4.79 Å². The molecular weight excluding hydrogens is 234 g/mol. The Balaban J connectivity index is 2.07. The van der Waals surface area contributed by atoms with E-state index in [2.05, 4.69) is 4.72 Å². The van der Waals surface area contributed by atoms with Crippen LogP contribution in [0.1, 0.15) is 19.3 Å². The lowest BCUT2D eigenvalue weighted by molar-refractivity contribution is -0.144. The second-order valence-corrected chi connectivity index (χ2v) is 6.28. The summed E-state index contributed by atoms with van der Waals surface area (Å²) in [5, 5.41) is 9.07. The van der Waals surface area contributed by atoms with Gasteiger partial charge >= 0.3 is 5.97 Å². The molecule has 0 bridgehead atoms. The Hall–Kier alpha value is -0.660. The molecule has 1 aliphatic heterocycles. The Bertz CT molecular complexity index is 381. The van der Waals surface area contributed by atoms with E-state index in [4.69, 9.17) is 9.84 Å². The minimum absolute atomic E-state index is 0.0298. The molecule has 2 rings (SSSR count). The van der Waals surface area contributed by atoms with Gasteiger partial charge in [0.25, 0.3) is 0 Å². The van der Waals surface area contributed by atoms with Crippen molar-refractivity contribution in [3.05, 3.63) is 0 Å². The van der Waals surface area contributed by atoms with Crippen molar-refractivity contribution in [2.45, 2.75) is 24.8 Å². The maximum atomic E-state index is 11.7. The SMILES string of the molecule is O=C(O)C1(NS(=O)(=O)CC2CC2)CCOC1. The second kappa shape index (κ2) is 3.97. The molecule has 6 nitrogen and oxygen atoms in total. The standard InChI is InChI=1S/C9H15NO5S/c11-8(12)9(3-4-15-6-9)10-16(13,14)5-7-1-2-7/h7,10H,1-6H2,(H,11,12). The van der Waals surface area contributed by atoms with Crippen LogP contribution in [-0.4, -0.2) is 44.0 Å². The zero-order valence-corrected chi connectivity index (χ0v) is 9.62. The number of carboxylic acids is 1. The summed E-state index contributed by atoms with van der Waals surface area (Å²) in [5.74, 6) is -0.933. The molecule has 16 heavy (non-hydrogen) atoms. The highest BCUT2D eigenvalue weighted by Crippen LogP contribution is 2.31. The number of nitrogens with one attached hydrogen (secondary N) is 1. The van der Waals surface area contributed by atoms with Crippen LogP contribution in [0, 0.1) is 5.92 Å². The molecule has 0 amide bonds. The van der Waals surface area contributed by atoms with E-state index < -0.39 is 21.5 Å². The lowest BCUT2D eigenvalue weighted by Crippen LogP contribution is -2.55. The van der Waals surface area contributed by atoms with Gasteiger partial charge in [0.1, 0.15) is 0 Å². The van der Waals surface area contributed by atoms with Gasteiger partial charge in [0.2, 0.25) is 10.0 Å². The van der Waals surface area contributed by atoms with Gasteiger partial charge in [0, 0.05) is 13.0 Å². The van der Waals surface area contributed by atoms with E-state index in [-0.39, 0.29) is 31.3 Å². The highest BCUT2D eigenvalue weighted by atomic mass is 32.2. The Morgan fingerprint density at radius 2 is 2.19 bits per heavy atom. The summed E-state index contributed by atoms with van der Waals surface area (Å²) in [6, 6.07) is 0. The van der Waals surface area contributed by atoms with Gasteiger partial charge in [-0.1, -0.05) is 0 Å². The van der Waals surface area contributed by atoms with E-state index in [1.54, 1.807) is 0 Å². The molecule has 1 aliphatic carbocycles. The van der Waals surface area contributed by atoms with Gasteiger partial charge in [0.05, 0.1) is 12.4 Å². The highest BCUT2D eigenvalue weighted by Gasteiger charge is 2.46. The van der Waals surface area contributed by atoms with Crippen LogP contribution in [0.4, 0.5) is 0 Å². The first-order chi connectivity index (χ1) is 7.44. The number of ether oxygens (including phenoxy) is 1. The molecule has 7 heteroatoms. The van der Waals surface area contributed by atoms with Crippen LogP contribution in [0.2, 0.25) is 0 Å². The number of hydrogen-bond acceptors (Lipinski definition) is 4. The van der Waals surface area contributed by atoms with Crippen molar-refractivity contribution in [1.82, 2.24) is 4.72 Å². The first kappa shape index (κ1) is 11.8. The van der Waals surface area contributed by atoms with Gasteiger partial charge in [0.15, 0.2) is 5.54 Å². The lowest BCUT2D eigenvalue weighted by Gasteiger charge is -2.23. The smallest absolute Gasteiger partial charge is 0.327 e. The third kappa shape index (κ3) is 2.53. The Labute approximate surface area is 94.0 Å². The van der Waals surface area contributed by atoms with Crippen LogP contribution in [0.3, 0.4) is 0 Å². The van der Waals surface area contributed by atoms with Crippen molar-refractivity contribution in [1.29, 1.82) is 0 Å². The monoisotopic (exact) mass is 249 g/mol. The molecule has 0 aromatic rings. The van der Waals surface area contributed by atoms with Gasteiger partial charge in [-0.15, -0.1) is 0 Å². The molecular formula is C9H15NO5S. The molecule has 0 spiro atoms. The maximum Gasteiger partial charge on any atom is 0.327 e. The van der Waals surface area contributed by atoms with Crippen molar-refractivity contribution in [3.63, 3.8) is 0 Å². The van der Waals surface area contributed by atoms with Crippen molar-refractivity contribution >= 4 is 16.0 Å². The quantitative estimate of drug-likeness (QED) is 0.689. The Kier molecular flexibility index (Phi) is 2.93. The van der Waals surface area contributed by atoms with Crippen molar-refractivity contribution in [3.8, 4) is 0 Å². The molecule has 1 atom stereocenters. The van der Waals surface area contributed by atoms with Crippen molar-refractivity contribution in [2.75, 3.05) is 19.0 Å². The van der Waals surface area contributed by atoms with Gasteiger partial charge in [-0.25, -0.2) is 8.42 Å². The predicted molar refractivity (Wildman–Crippen MR) is 55.4 cm³/mol. The second-order valence-electron chi connectivity index (χ2n) is 4.52. The third-order valence-corrected chi connectivity index (χ3v) is 4.55. The third-order valence-electron chi connectivity index (χ3n) is 2.93. The van der Waals surface area contributed by atoms with Crippen LogP contribution < -0.4 is 4.72 Å². The van der Waals surface area contributed by atoms with Crippen LogP contribution >= 0.6 is 0 Å². The normalized spacial score (nSPS) is 30.5. The fourth-order valence-corrected chi connectivity index (χ4v) is 3.67. The number of carbonyl (C=O) groups is 1. The van der Waals surface area contributed by atoms with Crippen molar-refractivity contribution in [2.24, 2.45) is 5.92 Å². The fourth-order valence-electron chi connectivity index (χ4n) is 1.79. The van der Waals surface area contributed by atoms with E-state index in [1.165, 1.54) is 0 Å². The molecule has 0 aromatic carbocycles. The number of hydrogen-bond donors (Lipinski definition) is 2. The highest BCUT2D eigenvalue weighted by molar-refractivity contribution is 7.89. The van der Waals surface area contributed by atoms with Crippen LogP contribution in [-0.2, 0) is 19.6 Å². The maximum absolute atomic E-state index is 11.7. The molecule has 1 saturated heterocycles. The first-order valence-corrected chi connectivity index (χ1v) is 6.92. The molecule has 1 heterocycles. The predicted octanol–water partition coefficient (Wildman–Crippen LogP) is -0.441. The molecule has 92 valence electrons. The summed E-state index contributed by atoms with van der Waals surface area (Å²) in [5.41, 5.74) is -1.45. The molecule has 2 aliphatic rings. The summed E-state index contributed by atoms with van der Waals surface area (Å²) in [4.78, 5) is 11.1. The van der Waals surface area contributed by atoms with E-state index >= 15 is 0 Å². The number of sulfonamides is 1. The lowest BCUT2D eigenvalue weighted by atomic mass is 10.0. The molecule has 2 N–H and O–H groups in total. The zero-order chi connectivity index (χ0) is 11.8. The fraction of sp³-hybridized carbons (Fsp3) is 0.889. The van der Waals surface area contributed by atoms with Gasteiger partial charge in [-0.05, 0) is 18.8 Å². The molecule has 0 aromatic heterocycles. The minimum Gasteiger partial charge on any atom is -0.480 e. The average molecular weight is 249 g/mol. The van der Waals surface area contributed by atoms with E-state index in [0.717, 1.165) is 12.8 Å².